The zero-order chi connectivity index (χ0) is 11.8. The van der Waals surface area contributed by atoms with Crippen molar-refractivity contribution in [3.8, 4) is 6.07 Å². The van der Waals surface area contributed by atoms with Gasteiger partial charge in [-0.2, -0.15) is 5.26 Å². The van der Waals surface area contributed by atoms with Crippen molar-refractivity contribution in [2.75, 3.05) is 17.2 Å². The molecule has 0 aromatic heterocycles. The first-order valence-electron chi connectivity index (χ1n) is 5.62. The molecule has 1 heterocycles. The molecule has 0 bridgehead atoms. The van der Waals surface area contributed by atoms with Crippen LogP contribution in [-0.4, -0.2) is 12.1 Å². The van der Waals surface area contributed by atoms with Gasteiger partial charge in [0.15, 0.2) is 0 Å². The maximum atomic E-state index is 8.92. The monoisotopic (exact) mass is 215 g/mol. The largest absolute Gasteiger partial charge is 0.397 e. The average Bonchev–Trinajstić information content (AvgIpc) is 2.59. The minimum Gasteiger partial charge on any atom is -0.397 e. The van der Waals surface area contributed by atoms with Crippen LogP contribution >= 0.6 is 0 Å². The van der Waals surface area contributed by atoms with Crippen LogP contribution in [0.4, 0.5) is 11.4 Å². The van der Waals surface area contributed by atoms with Crippen molar-refractivity contribution in [2.24, 2.45) is 0 Å². The molecule has 1 aromatic carbocycles. The molecular weight excluding hydrogens is 198 g/mol. The predicted molar refractivity (Wildman–Crippen MR) is 66.2 cm³/mol. The van der Waals surface area contributed by atoms with Gasteiger partial charge >= 0.3 is 0 Å². The molecule has 1 fully saturated rings. The van der Waals surface area contributed by atoms with Crippen molar-refractivity contribution >= 4 is 11.4 Å². The smallest absolute Gasteiger partial charge is 0.0992 e. The number of nitrogens with two attached hydrogens (primary N) is 1. The number of nitrogens with zero attached hydrogens (tertiary/aromatic N) is 2. The van der Waals surface area contributed by atoms with Crippen molar-refractivity contribution in [1.29, 1.82) is 5.26 Å². The quantitative estimate of drug-likeness (QED) is 0.732. The van der Waals surface area contributed by atoms with E-state index in [4.69, 9.17) is 11.0 Å². The van der Waals surface area contributed by atoms with E-state index in [-0.39, 0.29) is 5.54 Å². The highest BCUT2D eigenvalue weighted by atomic mass is 15.2. The van der Waals surface area contributed by atoms with Crippen LogP contribution in [0.1, 0.15) is 32.3 Å². The SMILES string of the molecule is CC1(C)CCCN1c1cc(C#N)ccc1N. The Kier molecular flexibility index (Phi) is 2.51. The number of nitrogen functional groups attached to an aromatic ring is 1. The lowest BCUT2D eigenvalue weighted by Gasteiger charge is -2.34. The molecule has 0 unspecified atom stereocenters. The molecule has 0 aliphatic carbocycles. The third kappa shape index (κ3) is 1.71. The summed E-state index contributed by atoms with van der Waals surface area (Å²) >= 11 is 0. The van der Waals surface area contributed by atoms with Gasteiger partial charge in [-0.15, -0.1) is 0 Å². The summed E-state index contributed by atoms with van der Waals surface area (Å²) in [5.41, 5.74) is 8.57. The number of nitriles is 1. The van der Waals surface area contributed by atoms with Crippen molar-refractivity contribution < 1.29 is 0 Å². The summed E-state index contributed by atoms with van der Waals surface area (Å²) < 4.78 is 0. The highest BCUT2D eigenvalue weighted by Crippen LogP contribution is 2.36. The van der Waals surface area contributed by atoms with E-state index in [1.807, 2.05) is 12.1 Å². The molecule has 0 saturated carbocycles. The van der Waals surface area contributed by atoms with Crippen LogP contribution in [0.2, 0.25) is 0 Å². The number of rotatable bonds is 1. The molecule has 3 heteroatoms. The molecule has 0 atom stereocenters. The fourth-order valence-electron chi connectivity index (χ4n) is 2.40. The maximum absolute atomic E-state index is 8.92. The Bertz CT molecular complexity index is 443. The molecule has 0 amide bonds. The number of hydrogen-bond donors (Lipinski definition) is 1. The summed E-state index contributed by atoms with van der Waals surface area (Å²) in [6.45, 7) is 5.46. The average molecular weight is 215 g/mol. The van der Waals surface area contributed by atoms with Gasteiger partial charge in [-0.3, -0.25) is 0 Å². The van der Waals surface area contributed by atoms with Crippen molar-refractivity contribution in [3.63, 3.8) is 0 Å². The molecule has 1 aromatic rings. The molecule has 16 heavy (non-hydrogen) atoms. The first-order chi connectivity index (χ1) is 7.54. The molecule has 84 valence electrons. The second-order valence-electron chi connectivity index (χ2n) is 4.95. The zero-order valence-electron chi connectivity index (χ0n) is 9.83. The normalized spacial score (nSPS) is 18.4. The Labute approximate surface area is 96.5 Å². The minimum absolute atomic E-state index is 0.141. The Balaban J connectivity index is 2.44. The second-order valence-corrected chi connectivity index (χ2v) is 4.95. The molecule has 0 radical (unpaired) electrons. The van der Waals surface area contributed by atoms with Gasteiger partial charge in [0.1, 0.15) is 0 Å². The van der Waals surface area contributed by atoms with Crippen LogP contribution in [-0.2, 0) is 0 Å². The molecule has 3 nitrogen and oxygen atoms in total. The molecule has 1 saturated heterocycles. The van der Waals surface area contributed by atoms with E-state index in [9.17, 15) is 0 Å². The van der Waals surface area contributed by atoms with E-state index in [0.29, 0.717) is 5.56 Å². The van der Waals surface area contributed by atoms with Crippen molar-refractivity contribution in [1.82, 2.24) is 0 Å². The lowest BCUT2D eigenvalue weighted by Crippen LogP contribution is -2.38. The summed E-state index contributed by atoms with van der Waals surface area (Å²) in [6, 6.07) is 7.64. The van der Waals surface area contributed by atoms with E-state index in [1.54, 1.807) is 6.07 Å². The standard InChI is InChI=1S/C13H17N3/c1-13(2)6-3-7-16(13)12-8-10(9-14)4-5-11(12)15/h4-5,8H,3,6-7,15H2,1-2H3. The summed E-state index contributed by atoms with van der Waals surface area (Å²) in [5.74, 6) is 0. The lowest BCUT2D eigenvalue weighted by atomic mass is 10.0. The fourth-order valence-corrected chi connectivity index (χ4v) is 2.40. The van der Waals surface area contributed by atoms with E-state index < -0.39 is 0 Å². The number of benzene rings is 1. The minimum atomic E-state index is 0.141. The zero-order valence-corrected chi connectivity index (χ0v) is 9.83. The molecule has 1 aliphatic rings. The number of anilines is 2. The summed E-state index contributed by atoms with van der Waals surface area (Å²) in [5, 5.41) is 8.92. The van der Waals surface area contributed by atoms with Crippen molar-refractivity contribution in [2.45, 2.75) is 32.2 Å². The predicted octanol–water partition coefficient (Wildman–Crippen LogP) is 2.52. The Morgan fingerprint density at radius 3 is 2.75 bits per heavy atom. The summed E-state index contributed by atoms with van der Waals surface area (Å²) in [7, 11) is 0. The van der Waals surface area contributed by atoms with E-state index in [2.05, 4.69) is 24.8 Å². The van der Waals surface area contributed by atoms with Crippen LogP contribution in [0.15, 0.2) is 18.2 Å². The van der Waals surface area contributed by atoms with Crippen LogP contribution in [0, 0.1) is 11.3 Å². The van der Waals surface area contributed by atoms with Gasteiger partial charge < -0.3 is 10.6 Å². The Morgan fingerprint density at radius 2 is 2.19 bits per heavy atom. The van der Waals surface area contributed by atoms with E-state index in [0.717, 1.165) is 17.9 Å². The highest BCUT2D eigenvalue weighted by molar-refractivity contribution is 5.71. The summed E-state index contributed by atoms with van der Waals surface area (Å²) in [4.78, 5) is 2.31. The third-order valence-corrected chi connectivity index (χ3v) is 3.35. The maximum Gasteiger partial charge on any atom is 0.0992 e. The van der Waals surface area contributed by atoms with E-state index in [1.165, 1.54) is 12.8 Å². The van der Waals surface area contributed by atoms with Crippen molar-refractivity contribution in [3.05, 3.63) is 23.8 Å². The van der Waals surface area contributed by atoms with Gasteiger partial charge in [-0.25, -0.2) is 0 Å². The van der Waals surface area contributed by atoms with E-state index >= 15 is 0 Å². The first kappa shape index (κ1) is 10.8. The molecule has 2 rings (SSSR count). The van der Waals surface area contributed by atoms with Gasteiger partial charge in [0.25, 0.3) is 0 Å². The lowest BCUT2D eigenvalue weighted by molar-refractivity contribution is 0.518. The molecule has 2 N–H and O–H groups in total. The fraction of sp³-hybridized carbons (Fsp3) is 0.462. The Morgan fingerprint density at radius 1 is 1.44 bits per heavy atom. The molecular formula is C13H17N3. The third-order valence-electron chi connectivity index (χ3n) is 3.35. The number of hydrogen-bond acceptors (Lipinski definition) is 3. The highest BCUT2D eigenvalue weighted by Gasteiger charge is 2.32. The topological polar surface area (TPSA) is 53.0 Å². The van der Waals surface area contributed by atoms with Gasteiger partial charge in [0, 0.05) is 12.1 Å². The van der Waals surface area contributed by atoms with Crippen LogP contribution < -0.4 is 10.6 Å². The van der Waals surface area contributed by atoms with Crippen LogP contribution in [0.3, 0.4) is 0 Å². The van der Waals surface area contributed by atoms with Gasteiger partial charge in [-0.1, -0.05) is 0 Å². The first-order valence-corrected chi connectivity index (χ1v) is 5.62. The molecule has 0 spiro atoms. The van der Waals surface area contributed by atoms with Gasteiger partial charge in [-0.05, 0) is 44.9 Å². The Hall–Kier alpha value is -1.69. The summed E-state index contributed by atoms with van der Waals surface area (Å²) in [6.07, 6.45) is 2.35. The second kappa shape index (κ2) is 3.71. The van der Waals surface area contributed by atoms with Crippen LogP contribution in [0.5, 0.6) is 0 Å². The van der Waals surface area contributed by atoms with Gasteiger partial charge in [0.2, 0.25) is 0 Å². The van der Waals surface area contributed by atoms with Gasteiger partial charge in [0.05, 0.1) is 23.0 Å². The van der Waals surface area contributed by atoms with Crippen LogP contribution in [0.25, 0.3) is 0 Å². The molecule has 1 aliphatic heterocycles.